The van der Waals surface area contributed by atoms with Gasteiger partial charge < -0.3 is 10.5 Å². The summed E-state index contributed by atoms with van der Waals surface area (Å²) in [5.74, 6) is -2.61. The summed E-state index contributed by atoms with van der Waals surface area (Å²) in [6.45, 7) is 0.0338. The molecule has 0 atom stereocenters. The summed E-state index contributed by atoms with van der Waals surface area (Å²) in [7, 11) is 0. The van der Waals surface area contributed by atoms with E-state index in [1.54, 1.807) is 12.1 Å². The number of ether oxygens (including phenoxy) is 1. The fraction of sp³-hybridized carbons (Fsp3) is 0.0769. The van der Waals surface area contributed by atoms with E-state index in [0.29, 0.717) is 22.7 Å². The standard InChI is InChI=1S/C13H9ClF2N2O3/c14-8-2-1-3-12(7(8)6-17)21-13-5-9(15)11(18(19)20)4-10(13)16/h1-5H,6,17H2. The average molecular weight is 315 g/mol. The molecule has 0 heterocycles. The first kappa shape index (κ1) is 15.1. The lowest BCUT2D eigenvalue weighted by atomic mass is 10.2. The summed E-state index contributed by atoms with van der Waals surface area (Å²) < 4.78 is 32.5. The average Bonchev–Trinajstić information content (AvgIpc) is 2.42. The van der Waals surface area contributed by atoms with Gasteiger partial charge in [-0.1, -0.05) is 17.7 Å². The van der Waals surface area contributed by atoms with Gasteiger partial charge in [0.25, 0.3) is 0 Å². The predicted octanol–water partition coefficient (Wildman–Crippen LogP) is 3.78. The van der Waals surface area contributed by atoms with Crippen LogP contribution in [0.5, 0.6) is 11.5 Å². The van der Waals surface area contributed by atoms with Gasteiger partial charge in [-0.05, 0) is 12.1 Å². The van der Waals surface area contributed by atoms with E-state index in [4.69, 9.17) is 22.1 Å². The maximum atomic E-state index is 13.8. The molecule has 0 fully saturated rings. The van der Waals surface area contributed by atoms with Crippen molar-refractivity contribution in [3.63, 3.8) is 0 Å². The number of nitrogens with zero attached hydrogens (tertiary/aromatic N) is 1. The fourth-order valence-electron chi connectivity index (χ4n) is 1.69. The highest BCUT2D eigenvalue weighted by molar-refractivity contribution is 6.31. The Hall–Kier alpha value is -2.25. The van der Waals surface area contributed by atoms with Gasteiger partial charge in [-0.3, -0.25) is 10.1 Å². The molecule has 110 valence electrons. The second kappa shape index (κ2) is 6.02. The van der Waals surface area contributed by atoms with Crippen molar-refractivity contribution < 1.29 is 18.4 Å². The topological polar surface area (TPSA) is 78.4 Å². The maximum absolute atomic E-state index is 13.8. The number of halogens is 3. The number of rotatable bonds is 4. The number of nitrogens with two attached hydrogens (primary N) is 1. The minimum Gasteiger partial charge on any atom is -0.454 e. The van der Waals surface area contributed by atoms with E-state index in [1.807, 2.05) is 0 Å². The summed E-state index contributed by atoms with van der Waals surface area (Å²) in [5, 5.41) is 10.8. The Morgan fingerprint density at radius 1 is 1.24 bits per heavy atom. The van der Waals surface area contributed by atoms with E-state index in [2.05, 4.69) is 0 Å². The van der Waals surface area contributed by atoms with Crippen molar-refractivity contribution >= 4 is 17.3 Å². The molecular formula is C13H9ClF2N2O3. The second-order valence-electron chi connectivity index (χ2n) is 4.01. The van der Waals surface area contributed by atoms with Crippen molar-refractivity contribution in [2.75, 3.05) is 0 Å². The Kier molecular flexibility index (Phi) is 4.35. The summed E-state index contributed by atoms with van der Waals surface area (Å²) >= 11 is 5.92. The number of hydrogen-bond acceptors (Lipinski definition) is 4. The second-order valence-corrected chi connectivity index (χ2v) is 4.42. The van der Waals surface area contributed by atoms with Gasteiger partial charge in [0.1, 0.15) is 5.75 Å². The molecule has 2 rings (SSSR count). The van der Waals surface area contributed by atoms with Crippen LogP contribution in [0.15, 0.2) is 30.3 Å². The van der Waals surface area contributed by atoms with Crippen LogP contribution in [-0.4, -0.2) is 4.92 Å². The number of nitro groups is 1. The van der Waals surface area contributed by atoms with Crippen LogP contribution < -0.4 is 10.5 Å². The number of nitro benzene ring substituents is 1. The monoisotopic (exact) mass is 314 g/mol. The van der Waals surface area contributed by atoms with Crippen molar-refractivity contribution in [3.8, 4) is 11.5 Å². The molecule has 21 heavy (non-hydrogen) atoms. The zero-order chi connectivity index (χ0) is 15.6. The van der Waals surface area contributed by atoms with Gasteiger partial charge in [-0.2, -0.15) is 4.39 Å². The Bertz CT molecular complexity index is 710. The first-order valence-electron chi connectivity index (χ1n) is 5.72. The molecule has 0 unspecified atom stereocenters. The highest BCUT2D eigenvalue weighted by Gasteiger charge is 2.20. The van der Waals surface area contributed by atoms with Gasteiger partial charge >= 0.3 is 5.69 Å². The third kappa shape index (κ3) is 3.09. The van der Waals surface area contributed by atoms with Crippen molar-refractivity contribution in [2.45, 2.75) is 6.54 Å². The van der Waals surface area contributed by atoms with Crippen LogP contribution in [0.1, 0.15) is 5.56 Å². The van der Waals surface area contributed by atoms with Gasteiger partial charge in [0.15, 0.2) is 11.6 Å². The predicted molar refractivity (Wildman–Crippen MR) is 72.4 cm³/mol. The van der Waals surface area contributed by atoms with Crippen LogP contribution in [0, 0.1) is 21.7 Å². The molecule has 0 bridgehead atoms. The van der Waals surface area contributed by atoms with Crippen LogP contribution in [0.4, 0.5) is 14.5 Å². The molecule has 5 nitrogen and oxygen atoms in total. The molecule has 0 spiro atoms. The van der Waals surface area contributed by atoms with Crippen molar-refractivity contribution in [2.24, 2.45) is 5.73 Å². The Balaban J connectivity index is 2.43. The fourth-order valence-corrected chi connectivity index (χ4v) is 1.93. The minimum absolute atomic E-state index is 0.0338. The summed E-state index contributed by atoms with van der Waals surface area (Å²) in [6.07, 6.45) is 0. The first-order valence-corrected chi connectivity index (χ1v) is 6.10. The van der Waals surface area contributed by atoms with Gasteiger partial charge in [0.05, 0.1) is 11.0 Å². The third-order valence-electron chi connectivity index (χ3n) is 2.70. The molecule has 2 N–H and O–H groups in total. The van der Waals surface area contributed by atoms with Crippen molar-refractivity contribution in [1.29, 1.82) is 0 Å². The zero-order valence-corrected chi connectivity index (χ0v) is 11.2. The van der Waals surface area contributed by atoms with Crippen molar-refractivity contribution in [3.05, 3.63) is 62.7 Å². The summed E-state index contributed by atoms with van der Waals surface area (Å²) in [4.78, 5) is 9.49. The molecular weight excluding hydrogens is 306 g/mol. The van der Waals surface area contributed by atoms with Gasteiger partial charge in [0, 0.05) is 23.2 Å². The van der Waals surface area contributed by atoms with Crippen molar-refractivity contribution in [1.82, 2.24) is 0 Å². The molecule has 8 heteroatoms. The SMILES string of the molecule is NCc1c(Cl)cccc1Oc1cc(F)c([N+](=O)[O-])cc1F. The quantitative estimate of drug-likeness (QED) is 0.688. The molecule has 0 aliphatic carbocycles. The first-order chi connectivity index (χ1) is 9.93. The highest BCUT2D eigenvalue weighted by atomic mass is 35.5. The summed E-state index contributed by atoms with van der Waals surface area (Å²) in [6, 6.07) is 5.67. The molecule has 0 aromatic heterocycles. The van der Waals surface area contributed by atoms with E-state index in [9.17, 15) is 18.9 Å². The normalized spacial score (nSPS) is 10.5. The number of hydrogen-bond donors (Lipinski definition) is 1. The van der Waals surface area contributed by atoms with E-state index in [-0.39, 0.29) is 12.3 Å². The Morgan fingerprint density at radius 3 is 2.57 bits per heavy atom. The van der Waals surface area contributed by atoms with Crippen LogP contribution >= 0.6 is 11.6 Å². The van der Waals surface area contributed by atoms with Gasteiger partial charge in [-0.15, -0.1) is 0 Å². The van der Waals surface area contributed by atoms with Crippen LogP contribution in [-0.2, 0) is 6.54 Å². The molecule has 0 aliphatic heterocycles. The van der Waals surface area contributed by atoms with Gasteiger partial charge in [0.2, 0.25) is 5.82 Å². The largest absolute Gasteiger partial charge is 0.454 e. The lowest BCUT2D eigenvalue weighted by Gasteiger charge is -2.12. The maximum Gasteiger partial charge on any atom is 0.307 e. The molecule has 0 aliphatic rings. The van der Waals surface area contributed by atoms with Crippen LogP contribution in [0.3, 0.4) is 0 Å². The molecule has 0 saturated heterocycles. The number of benzene rings is 2. The lowest BCUT2D eigenvalue weighted by Crippen LogP contribution is -2.02. The smallest absolute Gasteiger partial charge is 0.307 e. The molecule has 2 aromatic carbocycles. The third-order valence-corrected chi connectivity index (χ3v) is 3.05. The van der Waals surface area contributed by atoms with E-state index in [0.717, 1.165) is 0 Å². The van der Waals surface area contributed by atoms with E-state index < -0.39 is 28.0 Å². The highest BCUT2D eigenvalue weighted by Crippen LogP contribution is 2.33. The van der Waals surface area contributed by atoms with Crippen LogP contribution in [0.25, 0.3) is 0 Å². The van der Waals surface area contributed by atoms with Gasteiger partial charge in [-0.25, -0.2) is 4.39 Å². The molecule has 0 amide bonds. The Morgan fingerprint density at radius 2 is 1.95 bits per heavy atom. The Labute approximate surface area is 123 Å². The summed E-state index contributed by atoms with van der Waals surface area (Å²) in [5.41, 5.74) is 4.96. The van der Waals surface area contributed by atoms with E-state index in [1.165, 1.54) is 6.07 Å². The molecule has 0 saturated carbocycles. The lowest BCUT2D eigenvalue weighted by molar-refractivity contribution is -0.387. The molecule has 2 aromatic rings. The zero-order valence-electron chi connectivity index (χ0n) is 10.5. The van der Waals surface area contributed by atoms with Crippen LogP contribution in [0.2, 0.25) is 5.02 Å². The minimum atomic E-state index is -1.20. The molecule has 0 radical (unpaired) electrons. The van der Waals surface area contributed by atoms with E-state index >= 15 is 0 Å².